The van der Waals surface area contributed by atoms with E-state index in [1.807, 2.05) is 6.92 Å². The van der Waals surface area contributed by atoms with Crippen molar-refractivity contribution >= 4 is 15.8 Å². The van der Waals surface area contributed by atoms with E-state index in [0.717, 1.165) is 6.42 Å². The Morgan fingerprint density at radius 1 is 1.12 bits per heavy atom. The van der Waals surface area contributed by atoms with Crippen LogP contribution in [-0.4, -0.2) is 66.7 Å². The number of sulfone groups is 1. The largest absolute Gasteiger partial charge is 0.382 e. The molecule has 0 unspecified atom stereocenters. The molecule has 0 heterocycles. The summed E-state index contributed by atoms with van der Waals surface area (Å²) in [6.07, 6.45) is 0.794. The quantitative estimate of drug-likeness (QED) is 0.325. The summed E-state index contributed by atoms with van der Waals surface area (Å²) < 4.78 is 34.7. The summed E-state index contributed by atoms with van der Waals surface area (Å²) in [5.41, 5.74) is 0. The van der Waals surface area contributed by atoms with Crippen LogP contribution in [0.1, 0.15) is 13.3 Å². The van der Waals surface area contributed by atoms with Crippen LogP contribution < -0.4 is 10.6 Å². The van der Waals surface area contributed by atoms with E-state index in [4.69, 9.17) is 9.47 Å². The monoisotopic (exact) mass is 371 g/mol. The molecule has 0 spiro atoms. The molecule has 0 aromatic heterocycles. The zero-order chi connectivity index (χ0) is 18.4. The molecule has 1 aromatic rings. The number of ether oxygens (including phenoxy) is 2. The van der Waals surface area contributed by atoms with Gasteiger partial charge in [-0.1, -0.05) is 18.2 Å². The van der Waals surface area contributed by atoms with E-state index in [1.165, 1.54) is 0 Å². The number of aliphatic imine (C=N–C) groups is 1. The predicted octanol–water partition coefficient (Wildman–Crippen LogP) is 1.07. The minimum atomic E-state index is -3.29. The molecule has 0 atom stereocenters. The Morgan fingerprint density at radius 3 is 2.56 bits per heavy atom. The standard InChI is InChI=1S/C17H29N3O4S/c1-3-18-17(19-10-7-12-24-14-13-23-2)20-11-15-25(21,22)16-8-5-4-6-9-16/h4-6,8-9H,3,7,10-15H2,1-2H3,(H2,18,19,20). The van der Waals surface area contributed by atoms with E-state index in [0.29, 0.717) is 50.3 Å². The van der Waals surface area contributed by atoms with Gasteiger partial charge in [0.1, 0.15) is 0 Å². The molecule has 0 saturated heterocycles. The zero-order valence-electron chi connectivity index (χ0n) is 15.0. The minimum Gasteiger partial charge on any atom is -0.382 e. The number of benzene rings is 1. The Bertz CT molecular complexity index is 591. The second-order valence-electron chi connectivity index (χ2n) is 5.28. The third-order valence-electron chi connectivity index (χ3n) is 3.26. The lowest BCUT2D eigenvalue weighted by Crippen LogP contribution is -2.39. The number of nitrogens with zero attached hydrogens (tertiary/aromatic N) is 1. The van der Waals surface area contributed by atoms with E-state index in [2.05, 4.69) is 15.6 Å². The first kappa shape index (κ1) is 21.4. The van der Waals surface area contributed by atoms with Crippen molar-refractivity contribution in [3.8, 4) is 0 Å². The van der Waals surface area contributed by atoms with E-state index in [1.54, 1.807) is 37.4 Å². The second-order valence-corrected chi connectivity index (χ2v) is 7.39. The highest BCUT2D eigenvalue weighted by atomic mass is 32.2. The van der Waals surface area contributed by atoms with Crippen molar-refractivity contribution in [1.29, 1.82) is 0 Å². The average molecular weight is 372 g/mol. The second kappa shape index (κ2) is 12.7. The number of methoxy groups -OCH3 is 1. The van der Waals surface area contributed by atoms with Gasteiger partial charge in [-0.25, -0.2) is 8.42 Å². The van der Waals surface area contributed by atoms with Gasteiger partial charge in [0, 0.05) is 33.4 Å². The number of guanidine groups is 1. The van der Waals surface area contributed by atoms with Crippen LogP contribution in [0.2, 0.25) is 0 Å². The van der Waals surface area contributed by atoms with Crippen molar-refractivity contribution in [3.63, 3.8) is 0 Å². The predicted molar refractivity (Wildman–Crippen MR) is 99.8 cm³/mol. The minimum absolute atomic E-state index is 0.0154. The molecule has 0 fully saturated rings. The fourth-order valence-electron chi connectivity index (χ4n) is 1.99. The van der Waals surface area contributed by atoms with Crippen molar-refractivity contribution in [3.05, 3.63) is 30.3 Å². The molecule has 142 valence electrons. The Morgan fingerprint density at radius 2 is 1.88 bits per heavy atom. The van der Waals surface area contributed by atoms with Gasteiger partial charge in [0.25, 0.3) is 0 Å². The molecular formula is C17H29N3O4S. The first-order valence-electron chi connectivity index (χ1n) is 8.47. The molecule has 2 N–H and O–H groups in total. The van der Waals surface area contributed by atoms with E-state index in [-0.39, 0.29) is 5.75 Å². The highest BCUT2D eigenvalue weighted by Gasteiger charge is 2.13. The third-order valence-corrected chi connectivity index (χ3v) is 4.99. The van der Waals surface area contributed by atoms with Crippen molar-refractivity contribution < 1.29 is 17.9 Å². The van der Waals surface area contributed by atoms with Gasteiger partial charge < -0.3 is 20.1 Å². The smallest absolute Gasteiger partial charge is 0.191 e. The average Bonchev–Trinajstić information content (AvgIpc) is 2.61. The molecule has 0 bridgehead atoms. The Labute approximate surface area is 150 Å². The van der Waals surface area contributed by atoms with Crippen LogP contribution in [-0.2, 0) is 19.3 Å². The molecule has 0 aliphatic rings. The molecule has 0 amide bonds. The van der Waals surface area contributed by atoms with Crippen molar-refractivity contribution in [2.45, 2.75) is 18.2 Å². The normalized spacial score (nSPS) is 12.2. The summed E-state index contributed by atoms with van der Waals surface area (Å²) in [4.78, 5) is 4.75. The number of hydrogen-bond donors (Lipinski definition) is 2. The van der Waals surface area contributed by atoms with Gasteiger partial charge in [0.05, 0.1) is 23.9 Å². The molecule has 8 heteroatoms. The first-order valence-corrected chi connectivity index (χ1v) is 10.1. The summed E-state index contributed by atoms with van der Waals surface area (Å²) in [6.45, 7) is 5.36. The molecule has 0 aliphatic carbocycles. The fourth-order valence-corrected chi connectivity index (χ4v) is 3.17. The Balaban J connectivity index is 2.36. The maximum Gasteiger partial charge on any atom is 0.191 e. The lowest BCUT2D eigenvalue weighted by Gasteiger charge is -2.11. The molecule has 1 rings (SSSR count). The molecule has 1 aromatic carbocycles. The Kier molecular flexibility index (Phi) is 10.9. The molecule has 0 aliphatic heterocycles. The molecule has 0 saturated carbocycles. The van der Waals surface area contributed by atoms with Gasteiger partial charge in [-0.05, 0) is 25.5 Å². The molecule has 7 nitrogen and oxygen atoms in total. The number of rotatable bonds is 12. The fraction of sp³-hybridized carbons (Fsp3) is 0.588. The van der Waals surface area contributed by atoms with Crippen LogP contribution in [0.15, 0.2) is 40.2 Å². The highest BCUT2D eigenvalue weighted by Crippen LogP contribution is 2.09. The van der Waals surface area contributed by atoms with E-state index < -0.39 is 9.84 Å². The van der Waals surface area contributed by atoms with Gasteiger partial charge in [0.15, 0.2) is 15.8 Å². The maximum absolute atomic E-state index is 12.2. The van der Waals surface area contributed by atoms with Crippen molar-refractivity contribution in [2.24, 2.45) is 4.99 Å². The van der Waals surface area contributed by atoms with Crippen molar-refractivity contribution in [2.75, 3.05) is 52.3 Å². The highest BCUT2D eigenvalue weighted by molar-refractivity contribution is 7.91. The van der Waals surface area contributed by atoms with E-state index in [9.17, 15) is 8.42 Å². The van der Waals surface area contributed by atoms with Gasteiger partial charge >= 0.3 is 0 Å². The summed E-state index contributed by atoms with van der Waals surface area (Å²) in [5, 5.41) is 6.16. The lowest BCUT2D eigenvalue weighted by molar-refractivity contribution is 0.0702. The van der Waals surface area contributed by atoms with Gasteiger partial charge in [-0.3, -0.25) is 4.99 Å². The van der Waals surface area contributed by atoms with Crippen molar-refractivity contribution in [1.82, 2.24) is 10.6 Å². The van der Waals surface area contributed by atoms with Crippen LogP contribution in [0, 0.1) is 0 Å². The van der Waals surface area contributed by atoms with E-state index >= 15 is 0 Å². The summed E-state index contributed by atoms with van der Waals surface area (Å²) in [5.74, 6) is 0.629. The molecule has 25 heavy (non-hydrogen) atoms. The summed E-state index contributed by atoms with van der Waals surface area (Å²) >= 11 is 0. The van der Waals surface area contributed by atoms with Crippen LogP contribution in [0.25, 0.3) is 0 Å². The maximum atomic E-state index is 12.2. The SMILES string of the molecule is CCNC(=NCCCOCCOC)NCCS(=O)(=O)c1ccccc1. The third kappa shape index (κ3) is 9.42. The number of hydrogen-bond acceptors (Lipinski definition) is 5. The van der Waals surface area contributed by atoms with Crippen LogP contribution in [0.5, 0.6) is 0 Å². The van der Waals surface area contributed by atoms with Crippen LogP contribution in [0.4, 0.5) is 0 Å². The number of nitrogens with one attached hydrogen (secondary N) is 2. The lowest BCUT2D eigenvalue weighted by atomic mass is 10.4. The Hall–Kier alpha value is -1.64. The topological polar surface area (TPSA) is 89.0 Å². The molecule has 0 radical (unpaired) electrons. The van der Waals surface area contributed by atoms with Crippen LogP contribution >= 0.6 is 0 Å². The van der Waals surface area contributed by atoms with Gasteiger partial charge in [-0.15, -0.1) is 0 Å². The first-order chi connectivity index (χ1) is 12.1. The van der Waals surface area contributed by atoms with Gasteiger partial charge in [-0.2, -0.15) is 0 Å². The van der Waals surface area contributed by atoms with Gasteiger partial charge in [0.2, 0.25) is 0 Å². The molecular weight excluding hydrogens is 342 g/mol. The zero-order valence-corrected chi connectivity index (χ0v) is 15.8. The summed E-state index contributed by atoms with van der Waals surface area (Å²) in [6, 6.07) is 8.46. The summed E-state index contributed by atoms with van der Waals surface area (Å²) in [7, 11) is -1.65. The van der Waals surface area contributed by atoms with Crippen LogP contribution in [0.3, 0.4) is 0 Å².